The lowest BCUT2D eigenvalue weighted by molar-refractivity contribution is -0.164. The first-order chi connectivity index (χ1) is 17.4. The fraction of sp³-hybridized carbons (Fsp3) is 0.462. The molecule has 1 fully saturated rings. The van der Waals surface area contributed by atoms with Crippen LogP contribution in [0.5, 0.6) is 5.88 Å². The Morgan fingerprint density at radius 3 is 2.59 bits per heavy atom. The highest BCUT2D eigenvalue weighted by Crippen LogP contribution is 2.48. The number of alkyl halides is 3. The summed E-state index contributed by atoms with van der Waals surface area (Å²) >= 11 is 0. The first-order valence-electron chi connectivity index (χ1n) is 12.0. The molecule has 3 aromatic rings. The third-order valence-corrected chi connectivity index (χ3v) is 6.86. The zero-order valence-electron chi connectivity index (χ0n) is 20.7. The number of aryl methyl sites for hydroxylation is 1. The van der Waals surface area contributed by atoms with E-state index in [9.17, 15) is 22.8 Å². The molecule has 0 bridgehead atoms. The lowest BCUT2D eigenvalue weighted by Gasteiger charge is -2.46. The van der Waals surface area contributed by atoms with Crippen LogP contribution in [0.1, 0.15) is 51.2 Å². The number of amides is 1. The maximum atomic E-state index is 15.2. The van der Waals surface area contributed by atoms with Crippen molar-refractivity contribution in [2.75, 3.05) is 6.54 Å². The second-order valence-electron chi connectivity index (χ2n) is 9.74. The molecule has 1 amide bonds. The van der Waals surface area contributed by atoms with Crippen LogP contribution in [0.2, 0.25) is 0 Å². The van der Waals surface area contributed by atoms with Crippen LogP contribution in [0.15, 0.2) is 36.5 Å². The highest BCUT2D eigenvalue weighted by atomic mass is 19.4. The summed E-state index contributed by atoms with van der Waals surface area (Å²) in [5, 5.41) is 6.71. The Hall–Kier alpha value is -3.50. The molecule has 0 spiro atoms. The van der Waals surface area contributed by atoms with Crippen molar-refractivity contribution in [2.24, 2.45) is 0 Å². The van der Waals surface area contributed by atoms with Crippen LogP contribution >= 0.6 is 0 Å². The number of nitrogens with zero attached hydrogens (tertiary/aromatic N) is 3. The van der Waals surface area contributed by atoms with Gasteiger partial charge in [0.05, 0.1) is 17.1 Å². The fourth-order valence-electron chi connectivity index (χ4n) is 4.97. The molecule has 0 aliphatic heterocycles. The van der Waals surface area contributed by atoms with Crippen molar-refractivity contribution >= 4 is 22.7 Å². The molecule has 2 heterocycles. The van der Waals surface area contributed by atoms with E-state index in [1.807, 2.05) is 0 Å². The molecular weight excluding hydrogens is 492 g/mol. The van der Waals surface area contributed by atoms with Gasteiger partial charge in [0.2, 0.25) is 11.8 Å². The van der Waals surface area contributed by atoms with Crippen LogP contribution in [-0.2, 0) is 21.4 Å². The summed E-state index contributed by atoms with van der Waals surface area (Å²) in [4.78, 5) is 30.6. The Bertz CT molecular complexity index is 1300. The summed E-state index contributed by atoms with van der Waals surface area (Å²) in [5.74, 6) is -1.17. The van der Waals surface area contributed by atoms with Gasteiger partial charge in [-0.1, -0.05) is 12.1 Å². The summed E-state index contributed by atoms with van der Waals surface area (Å²) in [6.07, 6.45) is -3.17. The summed E-state index contributed by atoms with van der Waals surface area (Å²) in [5.41, 5.74) is 0.821. The number of carbonyl (C=O) groups is 2. The molecule has 1 aliphatic carbocycles. The van der Waals surface area contributed by atoms with E-state index in [1.54, 1.807) is 24.4 Å². The number of carbonyl (C=O) groups excluding carboxylic acids is 2. The van der Waals surface area contributed by atoms with Crippen molar-refractivity contribution in [1.29, 1.82) is 0 Å². The molecule has 7 nitrogen and oxygen atoms in total. The molecule has 4 rings (SSSR count). The quantitative estimate of drug-likeness (QED) is 0.406. The SMILES string of the molecule is CC(=O)C1(c2c(F)cccc2CCC(=O)N(CC(F)(F)F)C(C)C)CC(Oc2ccc3[nH]ncc3n2)C1. The number of rotatable bonds is 9. The third kappa shape index (κ3) is 5.60. The first-order valence-corrected chi connectivity index (χ1v) is 12.0. The lowest BCUT2D eigenvalue weighted by Crippen LogP contribution is -2.53. The van der Waals surface area contributed by atoms with Gasteiger partial charge in [-0.15, -0.1) is 0 Å². The third-order valence-electron chi connectivity index (χ3n) is 6.86. The van der Waals surface area contributed by atoms with E-state index in [4.69, 9.17) is 4.74 Å². The molecule has 37 heavy (non-hydrogen) atoms. The van der Waals surface area contributed by atoms with Crippen molar-refractivity contribution in [1.82, 2.24) is 20.1 Å². The van der Waals surface area contributed by atoms with E-state index in [2.05, 4.69) is 15.2 Å². The average Bonchev–Trinajstić information content (AvgIpc) is 3.25. The lowest BCUT2D eigenvalue weighted by atomic mass is 9.59. The summed E-state index contributed by atoms with van der Waals surface area (Å²) < 4.78 is 60.0. The smallest absolute Gasteiger partial charge is 0.406 e. The number of ketones is 1. The number of aromatic nitrogens is 3. The predicted molar refractivity (Wildman–Crippen MR) is 128 cm³/mol. The van der Waals surface area contributed by atoms with E-state index in [0.29, 0.717) is 17.0 Å². The number of aromatic amines is 1. The molecule has 0 atom stereocenters. The van der Waals surface area contributed by atoms with Gasteiger partial charge in [0.15, 0.2) is 0 Å². The molecule has 11 heteroatoms. The van der Waals surface area contributed by atoms with Crippen molar-refractivity contribution < 1.29 is 31.9 Å². The van der Waals surface area contributed by atoms with Gasteiger partial charge in [0.25, 0.3) is 0 Å². The van der Waals surface area contributed by atoms with Gasteiger partial charge in [0, 0.05) is 36.9 Å². The maximum Gasteiger partial charge on any atom is 0.406 e. The average molecular weight is 521 g/mol. The monoisotopic (exact) mass is 520 g/mol. The maximum absolute atomic E-state index is 15.2. The Labute approximate surface area is 211 Å². The van der Waals surface area contributed by atoms with Crippen LogP contribution in [0.3, 0.4) is 0 Å². The van der Waals surface area contributed by atoms with E-state index in [1.165, 1.54) is 32.9 Å². The molecule has 2 aromatic heterocycles. The highest BCUT2D eigenvalue weighted by molar-refractivity contribution is 5.90. The van der Waals surface area contributed by atoms with Crippen molar-refractivity contribution in [3.05, 3.63) is 53.5 Å². The Morgan fingerprint density at radius 2 is 1.95 bits per heavy atom. The number of Topliss-reactive ketones (excluding diaryl/α,β-unsaturated/α-hetero) is 1. The van der Waals surface area contributed by atoms with Gasteiger partial charge in [-0.25, -0.2) is 9.37 Å². The fourth-order valence-corrected chi connectivity index (χ4v) is 4.97. The molecule has 198 valence electrons. The minimum absolute atomic E-state index is 0.00622. The molecule has 1 aliphatic rings. The summed E-state index contributed by atoms with van der Waals surface area (Å²) in [7, 11) is 0. The van der Waals surface area contributed by atoms with Crippen LogP contribution in [0.4, 0.5) is 17.6 Å². The van der Waals surface area contributed by atoms with Gasteiger partial charge in [0.1, 0.15) is 29.8 Å². The van der Waals surface area contributed by atoms with E-state index >= 15 is 4.39 Å². The number of halogens is 4. The van der Waals surface area contributed by atoms with E-state index in [-0.39, 0.29) is 37.0 Å². The summed E-state index contributed by atoms with van der Waals surface area (Å²) in [6, 6.07) is 7.13. The molecule has 1 N–H and O–H groups in total. The Balaban J connectivity index is 1.52. The topological polar surface area (TPSA) is 88.2 Å². The second kappa shape index (κ2) is 10.1. The number of H-pyrrole nitrogens is 1. The van der Waals surface area contributed by atoms with Crippen molar-refractivity contribution in [3.8, 4) is 5.88 Å². The molecule has 1 saturated carbocycles. The van der Waals surface area contributed by atoms with Crippen molar-refractivity contribution in [3.63, 3.8) is 0 Å². The van der Waals surface area contributed by atoms with Crippen molar-refractivity contribution in [2.45, 2.75) is 70.2 Å². The van der Waals surface area contributed by atoms with Gasteiger partial charge in [-0.05, 0) is 44.9 Å². The van der Waals surface area contributed by atoms with Gasteiger partial charge >= 0.3 is 6.18 Å². The van der Waals surface area contributed by atoms with Gasteiger partial charge in [-0.3, -0.25) is 14.7 Å². The molecule has 0 saturated heterocycles. The number of hydrogen-bond acceptors (Lipinski definition) is 5. The van der Waals surface area contributed by atoms with Gasteiger partial charge in [-0.2, -0.15) is 18.3 Å². The number of pyridine rings is 1. The van der Waals surface area contributed by atoms with E-state index < -0.39 is 42.0 Å². The zero-order valence-corrected chi connectivity index (χ0v) is 20.7. The Kier molecular flexibility index (Phi) is 7.25. The highest BCUT2D eigenvalue weighted by Gasteiger charge is 2.53. The molecule has 0 unspecified atom stereocenters. The minimum atomic E-state index is -4.53. The number of fused-ring (bicyclic) bond motifs is 1. The second-order valence-corrected chi connectivity index (χ2v) is 9.74. The minimum Gasteiger partial charge on any atom is -0.474 e. The molecule has 0 radical (unpaired) electrons. The van der Waals surface area contributed by atoms with Gasteiger partial charge < -0.3 is 9.64 Å². The van der Waals surface area contributed by atoms with Crippen LogP contribution < -0.4 is 4.74 Å². The number of nitrogens with one attached hydrogen (secondary N) is 1. The van der Waals surface area contributed by atoms with Crippen LogP contribution in [0, 0.1) is 5.82 Å². The summed E-state index contributed by atoms with van der Waals surface area (Å²) in [6.45, 7) is 3.05. The largest absolute Gasteiger partial charge is 0.474 e. The van der Waals surface area contributed by atoms with Crippen LogP contribution in [-0.4, -0.2) is 56.6 Å². The normalized spacial score (nSPS) is 19.6. The molecular formula is C26H28F4N4O3. The first kappa shape index (κ1) is 26.6. The number of ether oxygens (including phenoxy) is 1. The Morgan fingerprint density at radius 1 is 1.22 bits per heavy atom. The predicted octanol–water partition coefficient (Wildman–Crippen LogP) is 4.90. The number of hydrogen-bond donors (Lipinski definition) is 1. The van der Waals surface area contributed by atoms with Crippen LogP contribution in [0.25, 0.3) is 11.0 Å². The van der Waals surface area contributed by atoms with E-state index in [0.717, 1.165) is 10.4 Å². The zero-order chi connectivity index (χ0) is 27.0. The standard InChI is InChI=1S/C26H28F4N4O3/c1-15(2)34(14-26(28,29)30)23(36)10-7-17-5-4-6-19(27)24(17)25(16(3)35)11-18(12-25)37-22-9-8-20-21(32-22)13-31-33-20/h4-6,8-9,13,15,18H,7,10-12,14H2,1-3H3,(H,31,33). The number of benzene rings is 1. The molecule has 1 aromatic carbocycles.